The van der Waals surface area contributed by atoms with Gasteiger partial charge in [-0.2, -0.15) is 11.8 Å². The minimum absolute atomic E-state index is 0.0235. The van der Waals surface area contributed by atoms with E-state index in [0.29, 0.717) is 12.5 Å². The van der Waals surface area contributed by atoms with Crippen molar-refractivity contribution in [2.45, 2.75) is 12.5 Å². The first-order chi connectivity index (χ1) is 9.75. The third kappa shape index (κ3) is 2.68. The molecule has 1 aromatic rings. The number of nitrogens with zero attached hydrogens (tertiary/aromatic N) is 1. The fraction of sp³-hybridized carbons (Fsp3) is 0.467. The minimum atomic E-state index is -0.469. The Bertz CT molecular complexity index is 500. The largest absolute Gasteiger partial charge is 0.345 e. The third-order valence-corrected chi connectivity index (χ3v) is 5.12. The van der Waals surface area contributed by atoms with Crippen LogP contribution in [0.4, 0.5) is 0 Å². The van der Waals surface area contributed by atoms with Crippen molar-refractivity contribution in [2.75, 3.05) is 24.6 Å². The molecule has 2 unspecified atom stereocenters. The van der Waals surface area contributed by atoms with Crippen molar-refractivity contribution < 1.29 is 9.59 Å². The molecule has 0 bridgehead atoms. The van der Waals surface area contributed by atoms with Crippen LogP contribution in [0.15, 0.2) is 30.3 Å². The van der Waals surface area contributed by atoms with E-state index in [4.69, 9.17) is 0 Å². The first kappa shape index (κ1) is 13.5. The van der Waals surface area contributed by atoms with E-state index in [9.17, 15) is 9.59 Å². The summed E-state index contributed by atoms with van der Waals surface area (Å²) in [5.74, 6) is 2.72. The molecule has 106 valence electrons. The van der Waals surface area contributed by atoms with Gasteiger partial charge in [-0.1, -0.05) is 30.3 Å². The first-order valence-electron chi connectivity index (χ1n) is 6.95. The average molecular weight is 290 g/mol. The lowest BCUT2D eigenvalue weighted by Crippen LogP contribution is -2.54. The molecule has 2 heterocycles. The SMILES string of the molecule is O=C1NCC(=O)N(CC2CCSC2)C1c1ccccc1. The second-order valence-corrected chi connectivity index (χ2v) is 6.46. The Kier molecular flexibility index (Phi) is 3.96. The first-order valence-corrected chi connectivity index (χ1v) is 8.11. The van der Waals surface area contributed by atoms with Crippen molar-refractivity contribution in [2.24, 2.45) is 5.92 Å². The van der Waals surface area contributed by atoms with Crippen LogP contribution < -0.4 is 5.32 Å². The third-order valence-electron chi connectivity index (χ3n) is 3.89. The van der Waals surface area contributed by atoms with E-state index in [0.717, 1.165) is 23.5 Å². The molecule has 2 atom stereocenters. The van der Waals surface area contributed by atoms with E-state index in [1.807, 2.05) is 42.1 Å². The summed E-state index contributed by atoms with van der Waals surface area (Å²) in [6, 6.07) is 9.10. The monoisotopic (exact) mass is 290 g/mol. The maximum absolute atomic E-state index is 12.2. The van der Waals surface area contributed by atoms with E-state index < -0.39 is 6.04 Å². The Labute approximate surface area is 122 Å². The van der Waals surface area contributed by atoms with Crippen LogP contribution in [0, 0.1) is 5.92 Å². The van der Waals surface area contributed by atoms with Gasteiger partial charge in [0.1, 0.15) is 6.04 Å². The molecule has 0 aromatic heterocycles. The highest BCUT2D eigenvalue weighted by atomic mass is 32.2. The van der Waals surface area contributed by atoms with Gasteiger partial charge in [0, 0.05) is 6.54 Å². The molecule has 0 radical (unpaired) electrons. The number of carbonyl (C=O) groups is 2. The highest BCUT2D eigenvalue weighted by Crippen LogP contribution is 2.29. The van der Waals surface area contributed by atoms with Crippen molar-refractivity contribution in [1.82, 2.24) is 10.2 Å². The quantitative estimate of drug-likeness (QED) is 0.916. The zero-order valence-corrected chi connectivity index (χ0v) is 12.1. The average Bonchev–Trinajstić information content (AvgIpc) is 2.97. The van der Waals surface area contributed by atoms with Crippen molar-refractivity contribution in [3.8, 4) is 0 Å². The summed E-state index contributed by atoms with van der Waals surface area (Å²) in [5, 5.41) is 2.70. The molecule has 3 rings (SSSR count). The summed E-state index contributed by atoms with van der Waals surface area (Å²) >= 11 is 1.93. The van der Waals surface area contributed by atoms with Gasteiger partial charge in [0.05, 0.1) is 6.54 Å². The van der Waals surface area contributed by atoms with Gasteiger partial charge in [0.2, 0.25) is 11.8 Å². The van der Waals surface area contributed by atoms with E-state index in [1.165, 1.54) is 0 Å². The number of benzene rings is 1. The van der Waals surface area contributed by atoms with Gasteiger partial charge in [0.25, 0.3) is 0 Å². The van der Waals surface area contributed by atoms with E-state index >= 15 is 0 Å². The zero-order chi connectivity index (χ0) is 13.9. The Balaban J connectivity index is 1.85. The molecule has 2 aliphatic rings. The lowest BCUT2D eigenvalue weighted by Gasteiger charge is -2.36. The number of piperazine rings is 1. The van der Waals surface area contributed by atoms with Crippen molar-refractivity contribution in [3.05, 3.63) is 35.9 Å². The summed E-state index contributed by atoms with van der Waals surface area (Å²) in [6.07, 6.45) is 1.14. The normalized spacial score (nSPS) is 26.7. The van der Waals surface area contributed by atoms with Crippen LogP contribution in [0.1, 0.15) is 18.0 Å². The molecule has 0 aliphatic carbocycles. The second kappa shape index (κ2) is 5.87. The molecule has 1 aromatic carbocycles. The summed E-state index contributed by atoms with van der Waals surface area (Å²) < 4.78 is 0. The number of thioether (sulfide) groups is 1. The maximum atomic E-state index is 12.2. The van der Waals surface area contributed by atoms with Crippen molar-refractivity contribution >= 4 is 23.6 Å². The molecule has 0 spiro atoms. The smallest absolute Gasteiger partial charge is 0.247 e. The summed E-state index contributed by atoms with van der Waals surface area (Å²) in [6.45, 7) is 0.820. The Morgan fingerprint density at radius 2 is 2.05 bits per heavy atom. The number of hydrogen-bond acceptors (Lipinski definition) is 3. The Hall–Kier alpha value is -1.49. The highest BCUT2D eigenvalue weighted by molar-refractivity contribution is 7.99. The van der Waals surface area contributed by atoms with Crippen LogP contribution in [-0.4, -0.2) is 41.3 Å². The summed E-state index contributed by atoms with van der Waals surface area (Å²) in [7, 11) is 0. The summed E-state index contributed by atoms with van der Waals surface area (Å²) in [5.41, 5.74) is 0.892. The van der Waals surface area contributed by atoms with Gasteiger partial charge in [0.15, 0.2) is 0 Å². The van der Waals surface area contributed by atoms with Gasteiger partial charge in [-0.3, -0.25) is 9.59 Å². The number of nitrogens with one attached hydrogen (secondary N) is 1. The van der Waals surface area contributed by atoms with E-state index in [-0.39, 0.29) is 18.4 Å². The fourth-order valence-corrected chi connectivity index (χ4v) is 4.10. The summed E-state index contributed by atoms with van der Waals surface area (Å²) in [4.78, 5) is 26.2. The molecule has 20 heavy (non-hydrogen) atoms. The lowest BCUT2D eigenvalue weighted by atomic mass is 9.99. The standard InChI is InChI=1S/C15H18N2O2S/c18-13-8-16-15(19)14(12-4-2-1-3-5-12)17(13)9-11-6-7-20-10-11/h1-5,11,14H,6-10H2,(H,16,19). The van der Waals surface area contributed by atoms with Crippen LogP contribution in [0.25, 0.3) is 0 Å². The zero-order valence-electron chi connectivity index (χ0n) is 11.2. The van der Waals surface area contributed by atoms with E-state index in [2.05, 4.69) is 5.32 Å². The molecule has 2 aliphatic heterocycles. The predicted molar refractivity (Wildman–Crippen MR) is 79.3 cm³/mol. The van der Waals surface area contributed by atoms with Crippen LogP contribution in [0.5, 0.6) is 0 Å². The van der Waals surface area contributed by atoms with Crippen LogP contribution >= 0.6 is 11.8 Å². The van der Waals surface area contributed by atoms with Gasteiger partial charge >= 0.3 is 0 Å². The molecule has 0 saturated carbocycles. The highest BCUT2D eigenvalue weighted by Gasteiger charge is 2.37. The molecular formula is C15H18N2O2S. The lowest BCUT2D eigenvalue weighted by molar-refractivity contribution is -0.146. The van der Waals surface area contributed by atoms with Crippen LogP contribution in [0.2, 0.25) is 0 Å². The van der Waals surface area contributed by atoms with Crippen molar-refractivity contribution in [1.29, 1.82) is 0 Å². The molecule has 4 nitrogen and oxygen atoms in total. The molecule has 2 saturated heterocycles. The van der Waals surface area contributed by atoms with Crippen molar-refractivity contribution in [3.63, 3.8) is 0 Å². The van der Waals surface area contributed by atoms with Crippen LogP contribution in [-0.2, 0) is 9.59 Å². The van der Waals surface area contributed by atoms with Gasteiger partial charge in [-0.25, -0.2) is 0 Å². The topological polar surface area (TPSA) is 49.4 Å². The minimum Gasteiger partial charge on any atom is -0.345 e. The van der Waals surface area contributed by atoms with Gasteiger partial charge < -0.3 is 10.2 Å². The van der Waals surface area contributed by atoms with E-state index in [1.54, 1.807) is 4.90 Å². The fourth-order valence-electron chi connectivity index (χ4n) is 2.83. The molecule has 1 N–H and O–H groups in total. The predicted octanol–water partition coefficient (Wildman–Crippen LogP) is 1.44. The maximum Gasteiger partial charge on any atom is 0.247 e. The Morgan fingerprint density at radius 1 is 1.25 bits per heavy atom. The molecular weight excluding hydrogens is 272 g/mol. The van der Waals surface area contributed by atoms with Crippen LogP contribution in [0.3, 0.4) is 0 Å². The number of rotatable bonds is 3. The van der Waals surface area contributed by atoms with Gasteiger partial charge in [-0.05, 0) is 29.4 Å². The molecule has 2 fully saturated rings. The second-order valence-electron chi connectivity index (χ2n) is 5.31. The molecule has 5 heteroatoms. The molecule has 2 amide bonds. The van der Waals surface area contributed by atoms with Gasteiger partial charge in [-0.15, -0.1) is 0 Å². The number of hydrogen-bond donors (Lipinski definition) is 1. The number of carbonyl (C=O) groups excluding carboxylic acids is 2. The Morgan fingerprint density at radius 3 is 2.75 bits per heavy atom. The number of amides is 2.